The van der Waals surface area contributed by atoms with E-state index in [1.54, 1.807) is 30.3 Å². The van der Waals surface area contributed by atoms with Crippen molar-refractivity contribution in [3.63, 3.8) is 0 Å². The first kappa shape index (κ1) is 17.0. The molecule has 6 heteroatoms. The summed E-state index contributed by atoms with van der Waals surface area (Å²) in [5, 5.41) is 0. The molecule has 0 bridgehead atoms. The van der Waals surface area contributed by atoms with Crippen LogP contribution in [0.25, 0.3) is 11.3 Å². The Bertz CT molecular complexity index is 969. The number of anilines is 1. The summed E-state index contributed by atoms with van der Waals surface area (Å²) in [5.74, 6) is 0.298. The zero-order valence-corrected chi connectivity index (χ0v) is 14.7. The van der Waals surface area contributed by atoms with E-state index in [-0.39, 0.29) is 4.90 Å². The first-order valence-corrected chi connectivity index (χ1v) is 9.17. The molecule has 3 rings (SSSR count). The van der Waals surface area contributed by atoms with Crippen molar-refractivity contribution in [2.24, 2.45) is 0 Å². The highest BCUT2D eigenvalue weighted by atomic mass is 32.2. The Balaban J connectivity index is 1.88. The van der Waals surface area contributed by atoms with E-state index in [0.717, 1.165) is 16.8 Å². The fourth-order valence-electron chi connectivity index (χ4n) is 2.44. The van der Waals surface area contributed by atoms with Crippen molar-refractivity contribution in [1.29, 1.82) is 0 Å². The lowest BCUT2D eigenvalue weighted by Gasteiger charge is -2.12. The third-order valence-corrected chi connectivity index (χ3v) is 5.10. The average molecular weight is 354 g/mol. The van der Waals surface area contributed by atoms with Crippen LogP contribution in [0, 0.1) is 6.92 Å². The highest BCUT2D eigenvalue weighted by molar-refractivity contribution is 7.92. The van der Waals surface area contributed by atoms with E-state index >= 15 is 0 Å². The fraction of sp³-hybridized carbons (Fsp3) is 0.105. The molecule has 0 aliphatic rings. The molecular formula is C19H18N2O3S. The quantitative estimate of drug-likeness (QED) is 0.755. The molecule has 0 amide bonds. The second-order valence-electron chi connectivity index (χ2n) is 5.56. The van der Waals surface area contributed by atoms with Gasteiger partial charge in [-0.1, -0.05) is 36.4 Å². The molecule has 0 aliphatic heterocycles. The number of pyridine rings is 1. The lowest BCUT2D eigenvalue weighted by molar-refractivity contribution is 0.402. The van der Waals surface area contributed by atoms with Crippen molar-refractivity contribution < 1.29 is 13.2 Å². The molecular weight excluding hydrogens is 336 g/mol. The van der Waals surface area contributed by atoms with Crippen molar-refractivity contribution in [3.05, 3.63) is 72.4 Å². The van der Waals surface area contributed by atoms with Crippen LogP contribution in [0.5, 0.6) is 5.75 Å². The van der Waals surface area contributed by atoms with Crippen molar-refractivity contribution in [2.75, 3.05) is 11.8 Å². The maximum Gasteiger partial charge on any atom is 0.265 e. The van der Waals surface area contributed by atoms with Crippen LogP contribution in [0.1, 0.15) is 5.56 Å². The largest absolute Gasteiger partial charge is 0.495 e. The summed E-state index contributed by atoms with van der Waals surface area (Å²) in [4.78, 5) is 4.43. The lowest BCUT2D eigenvalue weighted by Crippen LogP contribution is -2.14. The highest BCUT2D eigenvalue weighted by Crippen LogP contribution is 2.27. The molecule has 1 heterocycles. The highest BCUT2D eigenvalue weighted by Gasteiger charge is 2.20. The van der Waals surface area contributed by atoms with E-state index in [2.05, 4.69) is 9.71 Å². The molecule has 25 heavy (non-hydrogen) atoms. The number of ether oxygens (including phenoxy) is 1. The van der Waals surface area contributed by atoms with E-state index in [1.165, 1.54) is 13.3 Å². The van der Waals surface area contributed by atoms with E-state index in [0.29, 0.717) is 11.4 Å². The molecule has 0 spiro atoms. The summed E-state index contributed by atoms with van der Waals surface area (Å²) in [7, 11) is -2.33. The van der Waals surface area contributed by atoms with Gasteiger partial charge in [0.1, 0.15) is 10.6 Å². The summed E-state index contributed by atoms with van der Waals surface area (Å²) < 4.78 is 33.1. The number of aromatic nitrogens is 1. The number of sulfonamides is 1. The van der Waals surface area contributed by atoms with Gasteiger partial charge in [0.25, 0.3) is 10.0 Å². The van der Waals surface area contributed by atoms with Crippen LogP contribution in [0.2, 0.25) is 0 Å². The number of nitrogens with zero attached hydrogens (tertiary/aromatic N) is 1. The van der Waals surface area contributed by atoms with Gasteiger partial charge in [-0.2, -0.15) is 0 Å². The number of hydrogen-bond donors (Lipinski definition) is 1. The topological polar surface area (TPSA) is 68.3 Å². The van der Waals surface area contributed by atoms with Crippen LogP contribution < -0.4 is 9.46 Å². The molecule has 0 saturated carbocycles. The number of rotatable bonds is 5. The Hall–Kier alpha value is -2.86. The van der Waals surface area contributed by atoms with E-state index < -0.39 is 10.0 Å². The number of aryl methyl sites for hydroxylation is 1. The molecule has 5 nitrogen and oxygen atoms in total. The van der Waals surface area contributed by atoms with Crippen molar-refractivity contribution in [2.45, 2.75) is 11.8 Å². The second kappa shape index (κ2) is 6.94. The molecule has 128 valence electrons. The Labute approximate surface area is 147 Å². The zero-order valence-electron chi connectivity index (χ0n) is 13.9. The van der Waals surface area contributed by atoms with Crippen molar-refractivity contribution >= 4 is 15.7 Å². The molecule has 0 atom stereocenters. The molecule has 0 fully saturated rings. The Kier molecular flexibility index (Phi) is 4.72. The average Bonchev–Trinajstić information content (AvgIpc) is 2.63. The van der Waals surface area contributed by atoms with Gasteiger partial charge in [-0.3, -0.25) is 9.71 Å². The van der Waals surface area contributed by atoms with E-state index in [1.807, 2.05) is 37.3 Å². The zero-order chi connectivity index (χ0) is 17.9. The van der Waals surface area contributed by atoms with Crippen LogP contribution in [0.4, 0.5) is 5.69 Å². The first-order chi connectivity index (χ1) is 12.0. The standard InChI is InChI=1S/C19H18N2O3S/c1-14-8-11-18(24-2)19(12-14)25(22,23)21-16-9-10-17(20-13-16)15-6-4-3-5-7-15/h3-13,21H,1-2H3. The molecule has 0 aliphatic carbocycles. The number of hydrogen-bond acceptors (Lipinski definition) is 4. The summed E-state index contributed by atoms with van der Waals surface area (Å²) >= 11 is 0. The van der Waals surface area contributed by atoms with Crippen molar-refractivity contribution in [3.8, 4) is 17.0 Å². The molecule has 1 N–H and O–H groups in total. The van der Waals surface area contributed by atoms with Gasteiger partial charge in [0.2, 0.25) is 0 Å². The molecule has 2 aromatic carbocycles. The molecule has 0 radical (unpaired) electrons. The number of nitrogens with one attached hydrogen (secondary N) is 1. The number of benzene rings is 2. The maximum atomic E-state index is 12.7. The van der Waals surface area contributed by atoms with Gasteiger partial charge < -0.3 is 4.74 Å². The summed E-state index contributed by atoms with van der Waals surface area (Å²) in [6.45, 7) is 1.83. The van der Waals surface area contributed by atoms with Crippen LogP contribution in [0.15, 0.2) is 71.8 Å². The minimum Gasteiger partial charge on any atom is -0.495 e. The van der Waals surface area contributed by atoms with Crippen LogP contribution in [-0.4, -0.2) is 20.5 Å². The fourth-order valence-corrected chi connectivity index (χ4v) is 3.74. The molecule has 3 aromatic rings. The SMILES string of the molecule is COc1ccc(C)cc1S(=O)(=O)Nc1ccc(-c2ccccc2)nc1. The monoisotopic (exact) mass is 354 g/mol. The van der Waals surface area contributed by atoms with Gasteiger partial charge >= 0.3 is 0 Å². The minimum absolute atomic E-state index is 0.0992. The smallest absolute Gasteiger partial charge is 0.265 e. The summed E-state index contributed by atoms with van der Waals surface area (Å²) in [6, 6.07) is 18.2. The minimum atomic E-state index is -3.77. The van der Waals surface area contributed by atoms with Gasteiger partial charge in [0, 0.05) is 5.56 Å². The number of methoxy groups -OCH3 is 1. The maximum absolute atomic E-state index is 12.7. The predicted molar refractivity (Wildman–Crippen MR) is 98.2 cm³/mol. The van der Waals surface area contributed by atoms with Gasteiger partial charge in [-0.05, 0) is 36.8 Å². The van der Waals surface area contributed by atoms with E-state index in [4.69, 9.17) is 4.74 Å². The summed E-state index contributed by atoms with van der Waals surface area (Å²) in [5.41, 5.74) is 2.97. The summed E-state index contributed by atoms with van der Waals surface area (Å²) in [6.07, 6.45) is 1.50. The van der Waals surface area contributed by atoms with Crippen molar-refractivity contribution in [1.82, 2.24) is 4.98 Å². The van der Waals surface area contributed by atoms with Crippen LogP contribution in [0.3, 0.4) is 0 Å². The second-order valence-corrected chi connectivity index (χ2v) is 7.21. The normalized spacial score (nSPS) is 11.1. The molecule has 0 saturated heterocycles. The van der Waals surface area contributed by atoms with Gasteiger partial charge in [0.15, 0.2) is 0 Å². The van der Waals surface area contributed by atoms with Gasteiger partial charge in [-0.25, -0.2) is 8.42 Å². The Morgan fingerprint density at radius 2 is 1.76 bits per heavy atom. The third kappa shape index (κ3) is 3.80. The lowest BCUT2D eigenvalue weighted by atomic mass is 10.1. The molecule has 0 unspecified atom stereocenters. The van der Waals surface area contributed by atoms with Gasteiger partial charge in [0.05, 0.1) is 24.7 Å². The molecule has 1 aromatic heterocycles. The van der Waals surface area contributed by atoms with Gasteiger partial charge in [-0.15, -0.1) is 0 Å². The Morgan fingerprint density at radius 3 is 2.40 bits per heavy atom. The Morgan fingerprint density at radius 1 is 1.00 bits per heavy atom. The first-order valence-electron chi connectivity index (χ1n) is 7.68. The predicted octanol–water partition coefficient (Wildman–Crippen LogP) is 3.87. The van der Waals surface area contributed by atoms with Crippen LogP contribution in [-0.2, 0) is 10.0 Å². The van der Waals surface area contributed by atoms with Crippen LogP contribution >= 0.6 is 0 Å². The van der Waals surface area contributed by atoms with E-state index in [9.17, 15) is 8.42 Å². The third-order valence-electron chi connectivity index (χ3n) is 3.69.